The summed E-state index contributed by atoms with van der Waals surface area (Å²) in [6.45, 7) is 0. The Labute approximate surface area is 176 Å². The van der Waals surface area contributed by atoms with Crippen molar-refractivity contribution in [2.45, 2.75) is 26.7 Å². The molecular formula is C23H19BrO5. The number of halogens is 1. The fourth-order valence-electron chi connectivity index (χ4n) is 4.58. The lowest BCUT2D eigenvalue weighted by Gasteiger charge is -2.44. The van der Waals surface area contributed by atoms with Crippen LogP contribution in [-0.2, 0) is 23.9 Å². The largest absolute Gasteiger partial charge is 0.491 e. The lowest BCUT2D eigenvalue weighted by Crippen LogP contribution is -2.41. The topological polar surface area (TPSA) is 77.5 Å². The van der Waals surface area contributed by atoms with E-state index in [2.05, 4.69) is 15.9 Å². The summed E-state index contributed by atoms with van der Waals surface area (Å²) in [5.74, 6) is -2.93. The molecule has 6 rings (SSSR count). The highest BCUT2D eigenvalue weighted by Crippen LogP contribution is 2.59. The molecule has 5 aliphatic rings. The number of ether oxygens (including phenoxy) is 1. The first-order valence-electron chi connectivity index (χ1n) is 8.34. The van der Waals surface area contributed by atoms with E-state index in [0.29, 0.717) is 11.1 Å². The Hall–Kier alpha value is -2.86. The average molecular weight is 455 g/mol. The summed E-state index contributed by atoms with van der Waals surface area (Å²) in [4.78, 5) is 51.6. The van der Waals surface area contributed by atoms with Gasteiger partial charge in [0, 0.05) is 34.1 Å². The van der Waals surface area contributed by atoms with E-state index in [9.17, 15) is 19.2 Å². The van der Waals surface area contributed by atoms with Crippen LogP contribution in [-0.4, -0.2) is 30.2 Å². The van der Waals surface area contributed by atoms with Crippen molar-refractivity contribution >= 4 is 39.1 Å². The summed E-state index contributed by atoms with van der Waals surface area (Å²) < 4.78 is 5.21. The van der Waals surface area contributed by atoms with E-state index >= 15 is 0 Å². The molecule has 0 N–H and O–H groups in total. The van der Waals surface area contributed by atoms with Gasteiger partial charge in [-0.2, -0.15) is 0 Å². The van der Waals surface area contributed by atoms with Gasteiger partial charge in [0.2, 0.25) is 11.6 Å². The van der Waals surface area contributed by atoms with Crippen LogP contribution in [0.1, 0.15) is 37.8 Å². The number of carbonyl (C=O) groups excluding carboxylic acids is 4. The van der Waals surface area contributed by atoms with Crippen molar-refractivity contribution in [2.75, 3.05) is 7.11 Å². The van der Waals surface area contributed by atoms with Crippen LogP contribution in [0.3, 0.4) is 0 Å². The SMILES string of the molecule is C.C.COC1=C(Br)C(=O)C2=C(C1=O)C1C3=C(C(=O)C=CC3=O)C2c2ccccc21. The second-order valence-electron chi connectivity index (χ2n) is 6.72. The van der Waals surface area contributed by atoms with E-state index in [-0.39, 0.29) is 53.6 Å². The number of hydrogen-bond acceptors (Lipinski definition) is 5. The third kappa shape index (κ3) is 2.38. The normalized spacial score (nSPS) is 24.1. The first-order valence-corrected chi connectivity index (χ1v) is 9.13. The quantitative estimate of drug-likeness (QED) is 0.602. The van der Waals surface area contributed by atoms with E-state index in [4.69, 9.17) is 4.74 Å². The molecule has 0 saturated carbocycles. The zero-order valence-electron chi connectivity index (χ0n) is 14.0. The predicted molar refractivity (Wildman–Crippen MR) is 112 cm³/mol. The molecule has 148 valence electrons. The Bertz CT molecular complexity index is 1150. The number of benzene rings is 1. The van der Waals surface area contributed by atoms with Gasteiger partial charge in [0.1, 0.15) is 4.48 Å². The molecule has 0 aliphatic heterocycles. The molecule has 2 bridgehead atoms. The van der Waals surface area contributed by atoms with Crippen LogP contribution >= 0.6 is 15.9 Å². The molecular weight excluding hydrogens is 436 g/mol. The van der Waals surface area contributed by atoms with Gasteiger partial charge in [0.05, 0.1) is 7.11 Å². The number of allylic oxidation sites excluding steroid dienone is 7. The van der Waals surface area contributed by atoms with Crippen molar-refractivity contribution in [3.8, 4) is 0 Å². The third-order valence-electron chi connectivity index (χ3n) is 5.57. The number of hydrogen-bond donors (Lipinski definition) is 0. The first-order chi connectivity index (χ1) is 13.0. The summed E-state index contributed by atoms with van der Waals surface area (Å²) in [6.07, 6.45) is 2.48. The third-order valence-corrected chi connectivity index (χ3v) is 6.29. The Balaban J connectivity index is 0.00000120. The predicted octanol–water partition coefficient (Wildman–Crippen LogP) is 3.86. The van der Waals surface area contributed by atoms with Crippen molar-refractivity contribution < 1.29 is 23.9 Å². The fraction of sp³-hybridized carbons (Fsp3) is 0.217. The smallest absolute Gasteiger partial charge is 0.226 e. The van der Waals surface area contributed by atoms with Crippen LogP contribution in [0.2, 0.25) is 0 Å². The molecule has 2 atom stereocenters. The standard InChI is InChI=1S/C21H11BrO5.2CH4/c1-27-21-18(22)19(25)16-12-8-4-2-3-5-9(8)13(17(16)20(21)26)15-11(24)7-6-10(23)14(12)15;;/h2-7,12-13H,1H3;2*1H4. The average Bonchev–Trinajstić information content (AvgIpc) is 2.68. The Morgan fingerprint density at radius 1 is 0.759 bits per heavy atom. The van der Waals surface area contributed by atoms with Gasteiger partial charge in [-0.15, -0.1) is 0 Å². The van der Waals surface area contributed by atoms with Gasteiger partial charge in [0.15, 0.2) is 17.3 Å². The summed E-state index contributed by atoms with van der Waals surface area (Å²) in [5, 5.41) is 0. The van der Waals surface area contributed by atoms with E-state index in [1.807, 2.05) is 24.3 Å². The molecule has 2 unspecified atom stereocenters. The van der Waals surface area contributed by atoms with Crippen LogP contribution in [0.15, 0.2) is 69.0 Å². The Kier molecular flexibility index (Phi) is 4.95. The van der Waals surface area contributed by atoms with Gasteiger partial charge in [0.25, 0.3) is 0 Å². The van der Waals surface area contributed by atoms with E-state index < -0.39 is 17.6 Å². The minimum Gasteiger partial charge on any atom is -0.491 e. The highest BCUT2D eigenvalue weighted by Gasteiger charge is 2.54. The van der Waals surface area contributed by atoms with Crippen molar-refractivity contribution in [2.24, 2.45) is 0 Å². The van der Waals surface area contributed by atoms with Crippen LogP contribution in [0, 0.1) is 0 Å². The van der Waals surface area contributed by atoms with Crippen LogP contribution < -0.4 is 0 Å². The summed E-state index contributed by atoms with van der Waals surface area (Å²) in [7, 11) is 1.32. The van der Waals surface area contributed by atoms with Crippen LogP contribution in [0.25, 0.3) is 0 Å². The second kappa shape index (κ2) is 6.88. The molecule has 0 radical (unpaired) electrons. The van der Waals surface area contributed by atoms with Crippen molar-refractivity contribution in [3.63, 3.8) is 0 Å². The van der Waals surface area contributed by atoms with Crippen LogP contribution in [0.4, 0.5) is 0 Å². The van der Waals surface area contributed by atoms with Crippen LogP contribution in [0.5, 0.6) is 0 Å². The molecule has 0 aromatic heterocycles. The lowest BCUT2D eigenvalue weighted by molar-refractivity contribution is -0.119. The summed E-state index contributed by atoms with van der Waals surface area (Å²) in [5.41, 5.74) is 2.71. The molecule has 6 heteroatoms. The number of carbonyl (C=O) groups is 4. The molecule has 5 nitrogen and oxygen atoms in total. The van der Waals surface area contributed by atoms with Gasteiger partial charge in [-0.25, -0.2) is 0 Å². The number of ketones is 4. The summed E-state index contributed by atoms with van der Waals surface area (Å²) >= 11 is 3.18. The van der Waals surface area contributed by atoms with E-state index in [1.165, 1.54) is 19.3 Å². The molecule has 0 fully saturated rings. The van der Waals surface area contributed by atoms with Gasteiger partial charge >= 0.3 is 0 Å². The van der Waals surface area contributed by atoms with Crippen molar-refractivity contribution in [1.29, 1.82) is 0 Å². The van der Waals surface area contributed by atoms with Crippen molar-refractivity contribution in [1.82, 2.24) is 0 Å². The molecule has 0 saturated heterocycles. The maximum absolute atomic E-state index is 13.1. The zero-order valence-corrected chi connectivity index (χ0v) is 15.6. The number of Topliss-reactive ketones (excluding diaryl/α,β-unsaturated/α-hetero) is 2. The van der Waals surface area contributed by atoms with Gasteiger partial charge in [-0.3, -0.25) is 19.2 Å². The Morgan fingerprint density at radius 3 is 1.66 bits per heavy atom. The highest BCUT2D eigenvalue weighted by molar-refractivity contribution is 9.12. The lowest BCUT2D eigenvalue weighted by atomic mass is 9.56. The molecule has 0 amide bonds. The molecule has 5 aliphatic carbocycles. The van der Waals surface area contributed by atoms with Gasteiger partial charge in [-0.1, -0.05) is 39.1 Å². The van der Waals surface area contributed by atoms with Crippen molar-refractivity contribution in [3.05, 3.63) is 80.1 Å². The fourth-order valence-corrected chi connectivity index (χ4v) is 5.14. The maximum Gasteiger partial charge on any atom is 0.226 e. The molecule has 0 heterocycles. The highest BCUT2D eigenvalue weighted by atomic mass is 79.9. The minimum absolute atomic E-state index is 0. The maximum atomic E-state index is 13.1. The minimum atomic E-state index is -0.736. The van der Waals surface area contributed by atoms with Gasteiger partial charge < -0.3 is 4.74 Å². The molecule has 0 spiro atoms. The van der Waals surface area contributed by atoms with Gasteiger partial charge in [-0.05, 0) is 39.2 Å². The Morgan fingerprint density at radius 2 is 1.21 bits per heavy atom. The second-order valence-corrected chi connectivity index (χ2v) is 7.51. The first kappa shape index (κ1) is 20.9. The monoisotopic (exact) mass is 454 g/mol. The van der Waals surface area contributed by atoms with E-state index in [1.54, 1.807) is 0 Å². The molecule has 29 heavy (non-hydrogen) atoms. The number of rotatable bonds is 1. The zero-order chi connectivity index (χ0) is 19.0. The molecule has 1 aromatic rings. The molecule has 1 aromatic carbocycles. The number of methoxy groups -OCH3 is 1. The summed E-state index contributed by atoms with van der Waals surface area (Å²) in [6, 6.07) is 7.33. The van der Waals surface area contributed by atoms with E-state index in [0.717, 1.165) is 11.1 Å².